The molecule has 0 radical (unpaired) electrons. The van der Waals surface area contributed by atoms with E-state index in [0.717, 1.165) is 0 Å². The summed E-state index contributed by atoms with van der Waals surface area (Å²) in [6.07, 6.45) is 1.32. The minimum Gasteiger partial charge on any atom is -0.493 e. The number of ether oxygens (including phenoxy) is 3. The summed E-state index contributed by atoms with van der Waals surface area (Å²) in [6, 6.07) is 10.8. The topological polar surface area (TPSA) is 159 Å². The van der Waals surface area contributed by atoms with Crippen LogP contribution in [0, 0.1) is 10.1 Å². The Kier molecular flexibility index (Phi) is 7.44. The van der Waals surface area contributed by atoms with Crippen molar-refractivity contribution >= 4 is 34.8 Å². The standard InChI is InChI=1S/C22H19N3O9/c1-31-18-10-15(16(11-19(18)32-2)24-21(27)17-4-3-9-33-17)22(28)34-12-20(26)23-13-5-7-14(8-6-13)25(29)30/h3-11H,12H2,1-2H3,(H,23,26)(H,24,27). The molecule has 0 aliphatic carbocycles. The van der Waals surface area contributed by atoms with Crippen molar-refractivity contribution in [2.45, 2.75) is 0 Å². The van der Waals surface area contributed by atoms with E-state index in [2.05, 4.69) is 10.6 Å². The van der Waals surface area contributed by atoms with Gasteiger partial charge in [0.05, 0.1) is 36.7 Å². The first kappa shape index (κ1) is 23.8. The molecule has 1 aromatic heterocycles. The first-order chi connectivity index (χ1) is 16.3. The van der Waals surface area contributed by atoms with Crippen LogP contribution in [0.25, 0.3) is 0 Å². The van der Waals surface area contributed by atoms with Gasteiger partial charge in [0.15, 0.2) is 23.9 Å². The van der Waals surface area contributed by atoms with Crippen molar-refractivity contribution in [3.63, 3.8) is 0 Å². The average molecular weight is 469 g/mol. The summed E-state index contributed by atoms with van der Waals surface area (Å²) in [5, 5.41) is 15.7. The van der Waals surface area contributed by atoms with Crippen LogP contribution in [0.15, 0.2) is 59.2 Å². The highest BCUT2D eigenvalue weighted by Gasteiger charge is 2.22. The summed E-state index contributed by atoms with van der Waals surface area (Å²) < 4.78 is 20.5. The molecule has 12 nitrogen and oxygen atoms in total. The Hall–Kier alpha value is -4.87. The van der Waals surface area contributed by atoms with E-state index in [4.69, 9.17) is 18.6 Å². The normalized spacial score (nSPS) is 10.2. The molecule has 2 aromatic carbocycles. The van der Waals surface area contributed by atoms with E-state index < -0.39 is 29.3 Å². The second-order valence-corrected chi connectivity index (χ2v) is 6.61. The number of anilines is 2. The fraction of sp³-hybridized carbons (Fsp3) is 0.136. The maximum atomic E-state index is 12.7. The number of hydrogen-bond donors (Lipinski definition) is 2. The lowest BCUT2D eigenvalue weighted by atomic mass is 10.1. The zero-order valence-corrected chi connectivity index (χ0v) is 18.0. The number of nitrogens with zero attached hydrogens (tertiary/aromatic N) is 1. The highest BCUT2D eigenvalue weighted by molar-refractivity contribution is 6.07. The highest BCUT2D eigenvalue weighted by Crippen LogP contribution is 2.34. The number of furan rings is 1. The molecule has 2 amide bonds. The molecule has 0 aliphatic rings. The molecule has 176 valence electrons. The molecule has 0 bridgehead atoms. The Bertz CT molecular complexity index is 1210. The summed E-state index contributed by atoms with van der Waals surface area (Å²) in [6.45, 7) is -0.657. The van der Waals surface area contributed by atoms with Gasteiger partial charge in [0.25, 0.3) is 17.5 Å². The van der Waals surface area contributed by atoms with Crippen molar-refractivity contribution in [1.29, 1.82) is 0 Å². The van der Waals surface area contributed by atoms with E-state index in [9.17, 15) is 24.5 Å². The molecule has 0 spiro atoms. The summed E-state index contributed by atoms with van der Waals surface area (Å²) in [7, 11) is 2.75. The maximum Gasteiger partial charge on any atom is 0.340 e. The van der Waals surface area contributed by atoms with Crippen LogP contribution in [-0.2, 0) is 9.53 Å². The molecule has 3 aromatic rings. The van der Waals surface area contributed by atoms with Gasteiger partial charge in [-0.1, -0.05) is 0 Å². The van der Waals surface area contributed by atoms with Crippen LogP contribution < -0.4 is 20.1 Å². The van der Waals surface area contributed by atoms with E-state index in [-0.39, 0.29) is 39.9 Å². The minimum atomic E-state index is -0.922. The molecular weight excluding hydrogens is 450 g/mol. The molecule has 1 heterocycles. The highest BCUT2D eigenvalue weighted by atomic mass is 16.6. The van der Waals surface area contributed by atoms with Gasteiger partial charge >= 0.3 is 5.97 Å². The first-order valence-corrected chi connectivity index (χ1v) is 9.64. The van der Waals surface area contributed by atoms with Crippen molar-refractivity contribution in [3.05, 3.63) is 76.2 Å². The number of rotatable bonds is 9. The molecule has 0 saturated heterocycles. The van der Waals surface area contributed by atoms with Crippen LogP contribution >= 0.6 is 0 Å². The second kappa shape index (κ2) is 10.6. The lowest BCUT2D eigenvalue weighted by Gasteiger charge is -2.15. The monoisotopic (exact) mass is 469 g/mol. The van der Waals surface area contributed by atoms with Crippen LogP contribution in [0.3, 0.4) is 0 Å². The number of non-ortho nitro benzene ring substituents is 1. The third kappa shape index (κ3) is 5.68. The summed E-state index contributed by atoms with van der Waals surface area (Å²) in [4.78, 5) is 47.4. The molecule has 0 aliphatic heterocycles. The van der Waals surface area contributed by atoms with E-state index in [0.29, 0.717) is 0 Å². The number of benzene rings is 2. The van der Waals surface area contributed by atoms with Gasteiger partial charge in [-0.15, -0.1) is 0 Å². The van der Waals surface area contributed by atoms with E-state index >= 15 is 0 Å². The molecular formula is C22H19N3O9. The van der Waals surface area contributed by atoms with Gasteiger partial charge in [-0.25, -0.2) is 4.79 Å². The molecule has 2 N–H and O–H groups in total. The Labute approximate surface area is 192 Å². The average Bonchev–Trinajstić information content (AvgIpc) is 3.38. The first-order valence-electron chi connectivity index (χ1n) is 9.64. The SMILES string of the molecule is COc1cc(NC(=O)c2ccco2)c(C(=O)OCC(=O)Nc2ccc([N+](=O)[O-])cc2)cc1OC. The van der Waals surface area contributed by atoms with E-state index in [1.54, 1.807) is 0 Å². The Morgan fingerprint density at radius 1 is 1.00 bits per heavy atom. The summed E-state index contributed by atoms with van der Waals surface area (Å²) in [5.74, 6) is -1.78. The lowest BCUT2D eigenvalue weighted by molar-refractivity contribution is -0.384. The molecule has 3 rings (SSSR count). The third-order valence-electron chi connectivity index (χ3n) is 4.43. The lowest BCUT2D eigenvalue weighted by Crippen LogP contribution is -2.22. The largest absolute Gasteiger partial charge is 0.493 e. The number of nitrogens with one attached hydrogen (secondary N) is 2. The zero-order valence-electron chi connectivity index (χ0n) is 18.0. The van der Waals surface area contributed by atoms with Crippen LogP contribution in [0.5, 0.6) is 11.5 Å². The van der Waals surface area contributed by atoms with E-state index in [1.165, 1.54) is 69.0 Å². The van der Waals surface area contributed by atoms with Gasteiger partial charge < -0.3 is 29.3 Å². The molecule has 0 unspecified atom stereocenters. The Morgan fingerprint density at radius 2 is 1.68 bits per heavy atom. The Morgan fingerprint density at radius 3 is 2.26 bits per heavy atom. The quantitative estimate of drug-likeness (QED) is 0.272. The van der Waals surface area contributed by atoms with Crippen LogP contribution in [-0.4, -0.2) is 43.5 Å². The Balaban J connectivity index is 1.73. The predicted octanol–water partition coefficient (Wildman–Crippen LogP) is 3.25. The second-order valence-electron chi connectivity index (χ2n) is 6.61. The van der Waals surface area contributed by atoms with Crippen LogP contribution in [0.1, 0.15) is 20.9 Å². The molecule has 0 fully saturated rings. The van der Waals surface area contributed by atoms with Crippen molar-refractivity contribution in [2.24, 2.45) is 0 Å². The summed E-state index contributed by atoms with van der Waals surface area (Å²) in [5.41, 5.74) is 0.0895. The molecule has 12 heteroatoms. The predicted molar refractivity (Wildman–Crippen MR) is 118 cm³/mol. The number of esters is 1. The zero-order chi connectivity index (χ0) is 24.7. The molecule has 34 heavy (non-hydrogen) atoms. The number of nitro benzene ring substituents is 1. The van der Waals surface area contributed by atoms with Gasteiger partial charge in [0, 0.05) is 30.0 Å². The van der Waals surface area contributed by atoms with Gasteiger partial charge in [0.2, 0.25) is 0 Å². The smallest absolute Gasteiger partial charge is 0.340 e. The minimum absolute atomic E-state index is 0.0107. The van der Waals surface area contributed by atoms with Crippen molar-refractivity contribution in [3.8, 4) is 11.5 Å². The number of carbonyl (C=O) groups excluding carboxylic acids is 3. The molecule has 0 saturated carbocycles. The van der Waals surface area contributed by atoms with Crippen molar-refractivity contribution < 1.29 is 37.9 Å². The number of amides is 2. The number of carbonyl (C=O) groups is 3. The maximum absolute atomic E-state index is 12.7. The van der Waals surface area contributed by atoms with Crippen molar-refractivity contribution in [2.75, 3.05) is 31.5 Å². The summed E-state index contributed by atoms with van der Waals surface area (Å²) >= 11 is 0. The van der Waals surface area contributed by atoms with Gasteiger partial charge in [-0.3, -0.25) is 19.7 Å². The van der Waals surface area contributed by atoms with Crippen LogP contribution in [0.2, 0.25) is 0 Å². The van der Waals surface area contributed by atoms with Crippen LogP contribution in [0.4, 0.5) is 17.1 Å². The van der Waals surface area contributed by atoms with Gasteiger partial charge in [-0.05, 0) is 24.3 Å². The molecule has 0 atom stereocenters. The van der Waals surface area contributed by atoms with Crippen molar-refractivity contribution in [1.82, 2.24) is 0 Å². The van der Waals surface area contributed by atoms with Gasteiger partial charge in [-0.2, -0.15) is 0 Å². The number of hydrogen-bond acceptors (Lipinski definition) is 9. The fourth-order valence-electron chi connectivity index (χ4n) is 2.82. The fourth-order valence-corrected chi connectivity index (χ4v) is 2.82. The van der Waals surface area contributed by atoms with E-state index in [1.807, 2.05) is 0 Å². The van der Waals surface area contributed by atoms with Gasteiger partial charge in [0.1, 0.15) is 0 Å². The number of nitro groups is 1. The number of methoxy groups -OCH3 is 2. The third-order valence-corrected chi connectivity index (χ3v) is 4.43.